The monoisotopic (exact) mass is 320 g/mol. The number of amides is 1. The molecule has 0 radical (unpaired) electrons. The Morgan fingerprint density at radius 1 is 1.17 bits per heavy atom. The number of anilines is 1. The number of aryl methyl sites for hydroxylation is 1. The molecule has 0 bridgehead atoms. The molecule has 128 valence electrons. The van der Waals surface area contributed by atoms with Crippen molar-refractivity contribution < 1.29 is 14.3 Å². The van der Waals surface area contributed by atoms with E-state index in [9.17, 15) is 4.79 Å². The van der Waals surface area contributed by atoms with Gasteiger partial charge in [0.1, 0.15) is 11.4 Å². The number of ether oxygens (including phenoxy) is 2. The van der Waals surface area contributed by atoms with E-state index in [0.29, 0.717) is 13.1 Å². The fraction of sp³-hybridized carbons (Fsp3) is 0.611. The predicted octanol–water partition coefficient (Wildman–Crippen LogP) is 3.31. The minimum Gasteiger partial charge on any atom is -0.497 e. The number of hydrogen-bond donors (Lipinski definition) is 0. The van der Waals surface area contributed by atoms with Crippen molar-refractivity contribution in [3.05, 3.63) is 23.8 Å². The van der Waals surface area contributed by atoms with Crippen LogP contribution in [0.5, 0.6) is 5.75 Å². The Hall–Kier alpha value is -1.91. The van der Waals surface area contributed by atoms with Gasteiger partial charge in [0.05, 0.1) is 7.11 Å². The molecule has 0 spiro atoms. The van der Waals surface area contributed by atoms with Crippen LogP contribution in [0.25, 0.3) is 0 Å². The summed E-state index contributed by atoms with van der Waals surface area (Å²) in [5, 5.41) is 0. The topological polar surface area (TPSA) is 42.0 Å². The number of rotatable bonds is 3. The van der Waals surface area contributed by atoms with Gasteiger partial charge in [0.15, 0.2) is 0 Å². The molecule has 5 nitrogen and oxygen atoms in total. The van der Waals surface area contributed by atoms with E-state index in [1.54, 1.807) is 12.0 Å². The normalized spacial score (nSPS) is 15.5. The number of hydrogen-bond acceptors (Lipinski definition) is 4. The molecule has 23 heavy (non-hydrogen) atoms. The van der Waals surface area contributed by atoms with Crippen molar-refractivity contribution in [3.8, 4) is 5.75 Å². The van der Waals surface area contributed by atoms with E-state index in [1.807, 2.05) is 26.8 Å². The van der Waals surface area contributed by atoms with Crippen LogP contribution in [0, 0.1) is 0 Å². The molecule has 5 heteroatoms. The van der Waals surface area contributed by atoms with Gasteiger partial charge in [-0.05, 0) is 51.0 Å². The van der Waals surface area contributed by atoms with Crippen LogP contribution >= 0.6 is 0 Å². The minimum absolute atomic E-state index is 0.220. The third-order valence-corrected chi connectivity index (χ3v) is 3.94. The Labute approximate surface area is 139 Å². The first-order valence-electron chi connectivity index (χ1n) is 8.24. The molecule has 1 saturated heterocycles. The molecule has 1 fully saturated rings. The summed E-state index contributed by atoms with van der Waals surface area (Å²) in [5.41, 5.74) is 2.06. The Morgan fingerprint density at radius 3 is 2.35 bits per heavy atom. The first-order valence-corrected chi connectivity index (χ1v) is 8.24. The van der Waals surface area contributed by atoms with Crippen LogP contribution in [0.4, 0.5) is 10.5 Å². The molecule has 1 amide bonds. The summed E-state index contributed by atoms with van der Waals surface area (Å²) in [6.07, 6.45) is 0.737. The van der Waals surface area contributed by atoms with Crippen LogP contribution in [0.2, 0.25) is 0 Å². The zero-order valence-electron chi connectivity index (χ0n) is 14.9. The molecule has 1 aliphatic rings. The molecule has 0 unspecified atom stereocenters. The molecular formula is C18H28N2O3. The fourth-order valence-electron chi connectivity index (χ4n) is 2.74. The average molecular weight is 320 g/mol. The lowest BCUT2D eigenvalue weighted by molar-refractivity contribution is 0.0240. The Kier molecular flexibility index (Phi) is 5.39. The molecule has 1 aliphatic heterocycles. The van der Waals surface area contributed by atoms with Crippen molar-refractivity contribution in [1.29, 1.82) is 0 Å². The van der Waals surface area contributed by atoms with Crippen molar-refractivity contribution >= 4 is 11.8 Å². The molecule has 0 N–H and O–H groups in total. The zero-order chi connectivity index (χ0) is 17.0. The van der Waals surface area contributed by atoms with Crippen molar-refractivity contribution in [1.82, 2.24) is 4.90 Å². The molecule has 1 aromatic carbocycles. The summed E-state index contributed by atoms with van der Waals surface area (Å²) in [6, 6.07) is 6.20. The van der Waals surface area contributed by atoms with Crippen molar-refractivity contribution in [2.45, 2.75) is 39.7 Å². The van der Waals surface area contributed by atoms with Crippen LogP contribution in [-0.2, 0) is 11.2 Å². The Morgan fingerprint density at radius 2 is 1.83 bits per heavy atom. The van der Waals surface area contributed by atoms with Gasteiger partial charge in [0.25, 0.3) is 0 Å². The molecular weight excluding hydrogens is 292 g/mol. The van der Waals surface area contributed by atoms with Crippen molar-refractivity contribution in [3.63, 3.8) is 0 Å². The maximum Gasteiger partial charge on any atom is 0.410 e. The largest absolute Gasteiger partial charge is 0.497 e. The van der Waals surface area contributed by atoms with Gasteiger partial charge in [0.2, 0.25) is 0 Å². The summed E-state index contributed by atoms with van der Waals surface area (Å²) in [4.78, 5) is 16.3. The highest BCUT2D eigenvalue weighted by atomic mass is 16.6. The number of methoxy groups -OCH3 is 1. The molecule has 1 aromatic rings. The maximum atomic E-state index is 12.1. The number of benzene rings is 1. The first kappa shape index (κ1) is 17.4. The Bertz CT molecular complexity index is 544. The lowest BCUT2D eigenvalue weighted by Crippen LogP contribution is -2.50. The molecule has 0 atom stereocenters. The van der Waals surface area contributed by atoms with E-state index in [-0.39, 0.29) is 6.09 Å². The quantitative estimate of drug-likeness (QED) is 0.857. The molecule has 1 heterocycles. The Balaban J connectivity index is 2.00. The smallest absolute Gasteiger partial charge is 0.410 e. The van der Waals surface area contributed by atoms with Gasteiger partial charge >= 0.3 is 6.09 Å². The van der Waals surface area contributed by atoms with Crippen molar-refractivity contribution in [2.75, 3.05) is 38.2 Å². The molecule has 0 aromatic heterocycles. The number of piperazine rings is 1. The number of nitrogens with zero attached hydrogens (tertiary/aromatic N) is 2. The fourth-order valence-corrected chi connectivity index (χ4v) is 2.74. The molecule has 0 saturated carbocycles. The van der Waals surface area contributed by atoms with Gasteiger partial charge in [-0.1, -0.05) is 6.92 Å². The van der Waals surface area contributed by atoms with Crippen LogP contribution in [0.3, 0.4) is 0 Å². The highest BCUT2D eigenvalue weighted by Gasteiger charge is 2.26. The summed E-state index contributed by atoms with van der Waals surface area (Å²) >= 11 is 0. The summed E-state index contributed by atoms with van der Waals surface area (Å²) < 4.78 is 10.8. The lowest BCUT2D eigenvalue weighted by Gasteiger charge is -2.37. The maximum absolute atomic E-state index is 12.1. The van der Waals surface area contributed by atoms with E-state index in [2.05, 4.69) is 24.0 Å². The molecule has 0 aliphatic carbocycles. The first-order chi connectivity index (χ1) is 10.8. The lowest BCUT2D eigenvalue weighted by atomic mass is 10.1. The highest BCUT2D eigenvalue weighted by molar-refractivity contribution is 5.69. The van der Waals surface area contributed by atoms with Crippen LogP contribution in [0.15, 0.2) is 18.2 Å². The second-order valence-electron chi connectivity index (χ2n) is 6.80. The van der Waals surface area contributed by atoms with Gasteiger partial charge < -0.3 is 19.3 Å². The van der Waals surface area contributed by atoms with Gasteiger partial charge in [-0.2, -0.15) is 0 Å². The standard InChI is InChI=1S/C18H28N2O3/c1-6-14-13-15(22-5)7-8-16(14)19-9-11-20(12-10-19)17(21)23-18(2,3)4/h7-8,13H,6,9-12H2,1-5H3. The van der Waals surface area contributed by atoms with Crippen LogP contribution in [-0.4, -0.2) is 49.9 Å². The third kappa shape index (κ3) is 4.53. The third-order valence-electron chi connectivity index (χ3n) is 3.94. The van der Waals surface area contributed by atoms with Gasteiger partial charge in [-0.3, -0.25) is 0 Å². The van der Waals surface area contributed by atoms with Gasteiger partial charge in [0, 0.05) is 31.9 Å². The zero-order valence-corrected chi connectivity index (χ0v) is 14.9. The average Bonchev–Trinajstić information content (AvgIpc) is 2.52. The second-order valence-corrected chi connectivity index (χ2v) is 6.80. The number of carbonyl (C=O) groups excluding carboxylic acids is 1. The summed E-state index contributed by atoms with van der Waals surface area (Å²) in [5.74, 6) is 0.887. The van der Waals surface area contributed by atoms with Crippen LogP contribution in [0.1, 0.15) is 33.3 Å². The highest BCUT2D eigenvalue weighted by Crippen LogP contribution is 2.27. The molecule has 2 rings (SSSR count). The van der Waals surface area contributed by atoms with Crippen LogP contribution < -0.4 is 9.64 Å². The second kappa shape index (κ2) is 7.11. The summed E-state index contributed by atoms with van der Waals surface area (Å²) in [6.45, 7) is 10.8. The minimum atomic E-state index is -0.445. The van der Waals surface area contributed by atoms with E-state index in [4.69, 9.17) is 9.47 Å². The summed E-state index contributed by atoms with van der Waals surface area (Å²) in [7, 11) is 1.69. The van der Waals surface area contributed by atoms with Gasteiger partial charge in [-0.25, -0.2) is 4.79 Å². The number of carbonyl (C=O) groups is 1. The van der Waals surface area contributed by atoms with Crippen molar-refractivity contribution in [2.24, 2.45) is 0 Å². The van der Waals surface area contributed by atoms with Gasteiger partial charge in [-0.15, -0.1) is 0 Å². The SMILES string of the molecule is CCc1cc(OC)ccc1N1CCN(C(=O)OC(C)(C)C)CC1. The van der Waals surface area contributed by atoms with E-state index >= 15 is 0 Å². The predicted molar refractivity (Wildman–Crippen MR) is 92.4 cm³/mol. The van der Waals surface area contributed by atoms with E-state index in [0.717, 1.165) is 25.3 Å². The van der Waals surface area contributed by atoms with E-state index in [1.165, 1.54) is 11.3 Å². The van der Waals surface area contributed by atoms with E-state index < -0.39 is 5.60 Å².